The fourth-order valence-electron chi connectivity index (χ4n) is 0.265. The fraction of sp³-hybridized carbons (Fsp3) is 0. The number of amides is 1. The molecule has 1 rings (SSSR count). The highest BCUT2D eigenvalue weighted by molar-refractivity contribution is 5.48. The van der Waals surface area contributed by atoms with E-state index in [0.717, 1.165) is 5.06 Å². The maximum Gasteiger partial charge on any atom is 0.344 e. The normalized spacial score (nSPS) is 16.9. The van der Waals surface area contributed by atoms with E-state index in [0.29, 0.717) is 0 Å². The first-order valence-corrected chi connectivity index (χ1v) is 1.69. The molecular formula is C3H3N2O2. The highest BCUT2D eigenvalue weighted by atomic mass is 16.8. The van der Waals surface area contributed by atoms with E-state index >= 15 is 0 Å². The maximum atomic E-state index is 9.59. The van der Waals surface area contributed by atoms with Gasteiger partial charge in [-0.15, -0.1) is 4.94 Å². The highest BCUT2D eigenvalue weighted by Crippen LogP contribution is 1.88. The van der Waals surface area contributed by atoms with Gasteiger partial charge in [-0.05, 0) is 0 Å². The highest BCUT2D eigenvalue weighted by Gasteiger charge is 2.00. The van der Waals surface area contributed by atoms with Crippen molar-refractivity contribution in [1.29, 1.82) is 0 Å². The Balaban J connectivity index is 2.42. The fourth-order valence-corrected chi connectivity index (χ4v) is 0.265. The van der Waals surface area contributed by atoms with Crippen LogP contribution in [0.3, 0.4) is 0 Å². The van der Waals surface area contributed by atoms with E-state index in [2.05, 4.69) is 10.4 Å². The van der Waals surface area contributed by atoms with E-state index in [4.69, 9.17) is 0 Å². The van der Waals surface area contributed by atoms with Gasteiger partial charge in [0, 0.05) is 6.20 Å². The van der Waals surface area contributed by atoms with Crippen LogP contribution in [0.25, 0.3) is 0 Å². The van der Waals surface area contributed by atoms with Gasteiger partial charge in [0.25, 0.3) is 0 Å². The van der Waals surface area contributed by atoms with Crippen molar-refractivity contribution in [1.82, 2.24) is 10.5 Å². The molecule has 0 aromatic carbocycles. The van der Waals surface area contributed by atoms with Crippen molar-refractivity contribution in [2.24, 2.45) is 0 Å². The number of rotatable bonds is 1. The molecule has 4 heteroatoms. The quantitative estimate of drug-likeness (QED) is 0.471. The molecule has 1 heterocycles. The molecule has 0 spiro atoms. The van der Waals surface area contributed by atoms with Gasteiger partial charge in [-0.2, -0.15) is 5.06 Å². The van der Waals surface area contributed by atoms with Crippen molar-refractivity contribution in [2.45, 2.75) is 0 Å². The van der Waals surface area contributed by atoms with Gasteiger partial charge in [0.1, 0.15) is 0 Å². The minimum absolute atomic E-state index is 0.889. The van der Waals surface area contributed by atoms with Crippen LogP contribution in [0.4, 0.5) is 0 Å². The van der Waals surface area contributed by atoms with Crippen LogP contribution < -0.4 is 5.48 Å². The second-order valence-corrected chi connectivity index (χ2v) is 0.942. The molecular weight excluding hydrogens is 96.0 g/mol. The lowest BCUT2D eigenvalue weighted by molar-refractivity contribution is -0.0886. The number of hydrogen-bond acceptors (Lipinski definition) is 3. The molecule has 0 saturated heterocycles. The molecule has 1 amide bonds. The summed E-state index contributed by atoms with van der Waals surface area (Å²) in [5.41, 5.74) is 2.31. The Labute approximate surface area is 40.3 Å². The summed E-state index contributed by atoms with van der Waals surface area (Å²) >= 11 is 0. The average molecular weight is 99.1 g/mol. The maximum absolute atomic E-state index is 9.59. The van der Waals surface area contributed by atoms with Crippen LogP contribution in [0.2, 0.25) is 0 Å². The first-order chi connectivity index (χ1) is 3.43. The van der Waals surface area contributed by atoms with E-state index < -0.39 is 0 Å². The molecule has 1 aliphatic rings. The van der Waals surface area contributed by atoms with E-state index in [1.165, 1.54) is 18.8 Å². The first kappa shape index (κ1) is 4.14. The standard InChI is InChI=1S/C3H3N2O2/c6-3-5-2-1-4-7-5/h1-2,4H. The molecule has 0 unspecified atom stereocenters. The lowest BCUT2D eigenvalue weighted by Gasteiger charge is -1.97. The Morgan fingerprint density at radius 2 is 2.71 bits per heavy atom. The van der Waals surface area contributed by atoms with E-state index in [-0.39, 0.29) is 0 Å². The lowest BCUT2D eigenvalue weighted by Crippen LogP contribution is -2.14. The first-order valence-electron chi connectivity index (χ1n) is 1.69. The van der Waals surface area contributed by atoms with Crippen LogP contribution in [0, 0.1) is 0 Å². The SMILES string of the molecule is O=[C]N1C=CNO1. The molecule has 0 bridgehead atoms. The van der Waals surface area contributed by atoms with Crippen molar-refractivity contribution in [3.63, 3.8) is 0 Å². The number of hydroxylamine groups is 3. The van der Waals surface area contributed by atoms with E-state index in [1.54, 1.807) is 0 Å². The molecule has 1 aliphatic heterocycles. The van der Waals surface area contributed by atoms with Gasteiger partial charge in [-0.1, -0.05) is 0 Å². The van der Waals surface area contributed by atoms with Crippen molar-refractivity contribution in [3.8, 4) is 0 Å². The van der Waals surface area contributed by atoms with Crippen LogP contribution >= 0.6 is 0 Å². The second-order valence-electron chi connectivity index (χ2n) is 0.942. The summed E-state index contributed by atoms with van der Waals surface area (Å²) in [5.74, 6) is 0. The van der Waals surface area contributed by atoms with Crippen LogP contribution in [0.15, 0.2) is 12.4 Å². The zero-order valence-corrected chi connectivity index (χ0v) is 3.42. The van der Waals surface area contributed by atoms with Gasteiger partial charge in [-0.25, -0.2) is 5.48 Å². The predicted molar refractivity (Wildman–Crippen MR) is 20.9 cm³/mol. The molecule has 37 valence electrons. The molecule has 1 N–H and O–H groups in total. The largest absolute Gasteiger partial charge is 0.344 e. The third-order valence-electron chi connectivity index (χ3n) is 0.519. The van der Waals surface area contributed by atoms with Crippen LogP contribution in [0.5, 0.6) is 0 Å². The van der Waals surface area contributed by atoms with Gasteiger partial charge >= 0.3 is 6.41 Å². The summed E-state index contributed by atoms with van der Waals surface area (Å²) in [4.78, 5) is 13.9. The van der Waals surface area contributed by atoms with Gasteiger partial charge in [-0.3, -0.25) is 4.79 Å². The van der Waals surface area contributed by atoms with Gasteiger partial charge in [0.2, 0.25) is 0 Å². The Kier molecular flexibility index (Phi) is 0.953. The Hall–Kier alpha value is -1.03. The van der Waals surface area contributed by atoms with Crippen molar-refractivity contribution >= 4 is 6.41 Å². The molecule has 0 saturated carbocycles. The van der Waals surface area contributed by atoms with Crippen LogP contribution in [-0.4, -0.2) is 11.5 Å². The monoisotopic (exact) mass is 99.0 g/mol. The smallest absolute Gasteiger partial charge is 0.260 e. The summed E-state index contributed by atoms with van der Waals surface area (Å²) in [5, 5.41) is 0.889. The zero-order chi connectivity index (χ0) is 5.11. The van der Waals surface area contributed by atoms with Crippen molar-refractivity contribution < 1.29 is 9.73 Å². The number of nitrogens with zero attached hydrogens (tertiary/aromatic N) is 1. The van der Waals surface area contributed by atoms with E-state index in [9.17, 15) is 4.79 Å². The Bertz CT molecular complexity index is 101. The van der Waals surface area contributed by atoms with Crippen LogP contribution in [-0.2, 0) is 9.73 Å². The lowest BCUT2D eigenvalue weighted by atomic mass is 10.9. The van der Waals surface area contributed by atoms with Gasteiger partial charge < -0.3 is 0 Å². The number of nitrogens with one attached hydrogen (secondary N) is 1. The van der Waals surface area contributed by atoms with Crippen molar-refractivity contribution in [3.05, 3.63) is 12.4 Å². The molecule has 0 aromatic rings. The Morgan fingerprint density at radius 3 is 3.00 bits per heavy atom. The summed E-state index contributed by atoms with van der Waals surface area (Å²) in [6.45, 7) is 0. The molecule has 7 heavy (non-hydrogen) atoms. The third kappa shape index (κ3) is 0.690. The molecule has 0 atom stereocenters. The third-order valence-corrected chi connectivity index (χ3v) is 0.519. The summed E-state index contributed by atoms with van der Waals surface area (Å²) in [6, 6.07) is 0. The topological polar surface area (TPSA) is 41.6 Å². The van der Waals surface area contributed by atoms with Crippen LogP contribution in [0.1, 0.15) is 0 Å². The van der Waals surface area contributed by atoms with Gasteiger partial charge in [0.15, 0.2) is 0 Å². The molecule has 1 radical (unpaired) electrons. The zero-order valence-electron chi connectivity index (χ0n) is 3.42. The number of hydrogen-bond donors (Lipinski definition) is 1. The summed E-state index contributed by atoms with van der Waals surface area (Å²) in [7, 11) is 0. The molecule has 0 aromatic heterocycles. The average Bonchev–Trinajstić information content (AvgIpc) is 2.14. The van der Waals surface area contributed by atoms with Crippen molar-refractivity contribution in [2.75, 3.05) is 0 Å². The Morgan fingerprint density at radius 1 is 1.86 bits per heavy atom. The molecule has 0 aliphatic carbocycles. The van der Waals surface area contributed by atoms with E-state index in [1.807, 2.05) is 0 Å². The minimum Gasteiger partial charge on any atom is -0.260 e. The predicted octanol–water partition coefficient (Wildman–Crippen LogP) is -0.723. The number of carbonyl (C=O) groups excluding carboxylic acids is 1. The minimum atomic E-state index is 0.889. The molecule has 4 nitrogen and oxygen atoms in total. The summed E-state index contributed by atoms with van der Waals surface area (Å²) < 4.78 is 0. The second kappa shape index (κ2) is 1.61. The van der Waals surface area contributed by atoms with Gasteiger partial charge in [0.05, 0.1) is 6.20 Å². The molecule has 0 fully saturated rings. The summed E-state index contributed by atoms with van der Waals surface area (Å²) in [6.07, 6.45) is 4.36.